The number of hydrogen-bond acceptors (Lipinski definition) is 18. The summed E-state index contributed by atoms with van der Waals surface area (Å²) in [7, 11) is 3.25. The Morgan fingerprint density at radius 3 is 1.04 bits per heavy atom. The predicted molar refractivity (Wildman–Crippen MR) is 447 cm³/mol. The quantitative estimate of drug-likeness (QED) is 0.0301. The zero-order valence-corrected chi connectivity index (χ0v) is 66.4. The molecule has 0 spiro atoms. The van der Waals surface area contributed by atoms with Crippen molar-refractivity contribution < 1.29 is 28.5 Å². The highest BCUT2D eigenvalue weighted by Crippen LogP contribution is 2.40. The van der Waals surface area contributed by atoms with Gasteiger partial charge in [-0.1, -0.05) is 79.7 Å². The summed E-state index contributed by atoms with van der Waals surface area (Å²) < 4.78 is 21.6. The first-order valence-electron chi connectivity index (χ1n) is 39.4. The van der Waals surface area contributed by atoms with Gasteiger partial charge in [0.25, 0.3) is 11.8 Å². The zero-order valence-electron chi connectivity index (χ0n) is 66.4. The number of hydrogen-bond donors (Lipinski definition) is 10. The molecule has 0 atom stereocenters. The highest BCUT2D eigenvalue weighted by atomic mass is 16.7. The summed E-state index contributed by atoms with van der Waals surface area (Å²) >= 11 is 0. The number of rotatable bonds is 22. The van der Waals surface area contributed by atoms with Gasteiger partial charge >= 0.3 is 0 Å². The van der Waals surface area contributed by atoms with Gasteiger partial charge in [-0.25, -0.2) is 19.9 Å². The monoisotopic (exact) mass is 1550 g/mol. The van der Waals surface area contributed by atoms with Gasteiger partial charge in [0.1, 0.15) is 34.7 Å². The minimum absolute atomic E-state index is 0.0227. The number of fused-ring (bicyclic) bond motifs is 5. The van der Waals surface area contributed by atoms with Gasteiger partial charge in [0, 0.05) is 115 Å². The Morgan fingerprint density at radius 1 is 0.362 bits per heavy atom. The maximum Gasteiger partial charge on any atom is 0.251 e. The van der Waals surface area contributed by atoms with Crippen LogP contribution in [0.5, 0.6) is 23.0 Å². The van der Waals surface area contributed by atoms with Crippen LogP contribution in [0.2, 0.25) is 0 Å². The van der Waals surface area contributed by atoms with Crippen LogP contribution in [0, 0.1) is 23.7 Å². The fourth-order valence-electron chi connectivity index (χ4n) is 14.1. The van der Waals surface area contributed by atoms with Crippen LogP contribution in [0.15, 0.2) is 158 Å². The van der Waals surface area contributed by atoms with Crippen LogP contribution in [0.4, 0.5) is 0 Å². The maximum atomic E-state index is 12.6. The second-order valence-electron chi connectivity index (χ2n) is 31.3. The molecule has 0 unspecified atom stereocenters. The summed E-state index contributed by atoms with van der Waals surface area (Å²) in [5.41, 5.74) is 15.9. The second-order valence-corrected chi connectivity index (χ2v) is 31.3. The standard InChI is InChI=1S/C24H26N6O.C23H24N6O.C21H23N5O2.C20H19N5O2/c1-14(2)11-21-26-23(30-28-21)16-9-10-20-19(13-16)22(29-27-20)15-5-3-6-17(12-15)24(31)25-18-7-4-8-18;1-13(2)10-20-25-22(29-27-20)15-6-9-19-18(12-15)21(28-26-19)14-4-3-5-16(11-14)23(30)24-17-7-8-17;1-12(2)9-19-22-21(26-24-19)14-5-7-16-15(10-14)20(25-23-16)13-6-8-17(27-3)18(11-13)28-4;1-11(2)7-18-21-20(25-23-18)13-3-5-15-14(8-13)19(24-22-15)12-4-6-16-17(9-12)27-10-26-16/h3,5-6,9-10,12-14,18H,4,7-8,11H2,1-2H3,(H,25,31)(H,27,29)(H,26,28,30);3-6,9,11-13,17H,7-8,10H2,1-2H3,(H,24,30)(H,26,28)(H,25,27,29);5-8,10-12H,9H2,1-4H3,(H,23,25)(H,22,24,26);3-6,8-9,11H,7,10H2,1-2H3,(H,22,24)(H,21,23,25). The van der Waals surface area contributed by atoms with Gasteiger partial charge in [0.15, 0.2) is 46.3 Å². The third-order valence-corrected chi connectivity index (χ3v) is 20.3. The Morgan fingerprint density at radius 2 is 0.698 bits per heavy atom. The van der Waals surface area contributed by atoms with E-state index in [4.69, 9.17) is 18.9 Å². The molecule has 0 saturated heterocycles. The predicted octanol–water partition coefficient (Wildman–Crippen LogP) is 16.8. The summed E-state index contributed by atoms with van der Waals surface area (Å²) in [5, 5.41) is 70.2. The van der Waals surface area contributed by atoms with E-state index in [-0.39, 0.29) is 18.6 Å². The molecule has 2 aliphatic carbocycles. The number of carbonyl (C=O) groups is 2. The minimum atomic E-state index is -0.0294. The van der Waals surface area contributed by atoms with Crippen molar-refractivity contribution in [2.75, 3.05) is 21.0 Å². The van der Waals surface area contributed by atoms with Gasteiger partial charge in [-0.05, 0) is 189 Å². The second kappa shape index (κ2) is 33.6. The Labute approximate surface area is 668 Å². The van der Waals surface area contributed by atoms with Gasteiger partial charge in [-0.3, -0.25) is 50.4 Å². The van der Waals surface area contributed by atoms with Crippen molar-refractivity contribution in [2.45, 2.75) is 125 Å². The molecular formula is C88H92N22O6. The first-order chi connectivity index (χ1) is 56.4. The Hall–Kier alpha value is -13.7. The zero-order chi connectivity index (χ0) is 80.1. The van der Waals surface area contributed by atoms with Crippen LogP contribution >= 0.6 is 0 Å². The van der Waals surface area contributed by atoms with E-state index in [0.717, 1.165) is 197 Å². The van der Waals surface area contributed by atoms with E-state index in [1.165, 1.54) is 6.42 Å². The van der Waals surface area contributed by atoms with E-state index in [0.29, 0.717) is 81.7 Å². The van der Waals surface area contributed by atoms with Crippen molar-refractivity contribution in [3.63, 3.8) is 0 Å². The number of aromatic amines is 8. The summed E-state index contributed by atoms with van der Waals surface area (Å²) in [6, 6.07) is 51.7. The molecule has 16 aromatic rings. The highest BCUT2D eigenvalue weighted by molar-refractivity contribution is 6.02. The molecule has 9 heterocycles. The normalized spacial score (nSPS) is 13.1. The highest BCUT2D eigenvalue weighted by Gasteiger charge is 2.26. The molecule has 2 amide bonds. The number of nitrogens with zero attached hydrogens (tertiary/aromatic N) is 12. The Balaban J connectivity index is 0.000000116. The van der Waals surface area contributed by atoms with Gasteiger partial charge in [0.2, 0.25) is 6.79 Å². The van der Waals surface area contributed by atoms with E-state index in [9.17, 15) is 9.59 Å². The summed E-state index contributed by atoms with van der Waals surface area (Å²) in [6.07, 6.45) is 8.94. The molecule has 28 nitrogen and oxygen atoms in total. The van der Waals surface area contributed by atoms with Crippen molar-refractivity contribution in [1.82, 2.24) is 112 Å². The van der Waals surface area contributed by atoms with Crippen molar-refractivity contribution in [2.24, 2.45) is 23.7 Å². The van der Waals surface area contributed by atoms with Crippen LogP contribution in [-0.2, 0) is 25.7 Å². The van der Waals surface area contributed by atoms with Crippen molar-refractivity contribution in [3.8, 4) is 114 Å². The topological polar surface area (TPSA) is 376 Å². The number of nitrogens with one attached hydrogen (secondary N) is 10. The molecule has 8 aromatic carbocycles. The molecule has 3 aliphatic rings. The maximum absolute atomic E-state index is 12.6. The molecule has 0 radical (unpaired) electrons. The minimum Gasteiger partial charge on any atom is -0.493 e. The molecule has 2 fully saturated rings. The SMILES string of the molecule is CC(C)Cc1nc(-c2ccc3[nH]nc(-c4ccc5c(c4)OCO5)c3c2)n[nH]1.CC(C)Cc1nc(-c2ccc3[nH]nc(-c4cccc(C(=O)NC5CC5)c4)c3c2)n[nH]1.CC(C)Cc1nc(-c2ccc3[nH]nc(-c4cccc(C(=O)NC5CCC5)c4)c3c2)n[nH]1.COc1ccc(-c2n[nH]c3ccc(-c4n[nH]c(CC(C)C)n4)cc23)cc1OC. The molecule has 2 saturated carbocycles. The van der Waals surface area contributed by atoms with E-state index in [2.05, 4.69) is 186 Å². The number of H-pyrrole nitrogens is 8. The number of amides is 2. The van der Waals surface area contributed by atoms with Gasteiger partial charge in [-0.2, -0.15) is 40.8 Å². The lowest BCUT2D eigenvalue weighted by Gasteiger charge is -2.26. The van der Waals surface area contributed by atoms with E-state index in [1.807, 2.05) is 140 Å². The molecule has 28 heteroatoms. The number of aromatic nitrogens is 20. The number of ether oxygens (including phenoxy) is 4. The average Bonchev–Trinajstić information content (AvgIpc) is 1.64. The molecule has 19 rings (SSSR count). The molecule has 0 bridgehead atoms. The van der Waals surface area contributed by atoms with Crippen LogP contribution in [0.3, 0.4) is 0 Å². The largest absolute Gasteiger partial charge is 0.493 e. The fourth-order valence-corrected chi connectivity index (χ4v) is 14.1. The van der Waals surface area contributed by atoms with Crippen LogP contribution in [-0.4, -0.2) is 146 Å². The van der Waals surface area contributed by atoms with E-state index < -0.39 is 0 Å². The molecule has 10 N–H and O–H groups in total. The lowest BCUT2D eigenvalue weighted by atomic mass is 9.93. The van der Waals surface area contributed by atoms with Crippen LogP contribution in [0.1, 0.15) is 132 Å². The van der Waals surface area contributed by atoms with E-state index >= 15 is 0 Å². The molecule has 1 aliphatic heterocycles. The third kappa shape index (κ3) is 17.3. The summed E-state index contributed by atoms with van der Waals surface area (Å²) in [4.78, 5) is 43.6. The number of benzene rings is 8. The van der Waals surface area contributed by atoms with Gasteiger partial charge in [-0.15, -0.1) is 0 Å². The van der Waals surface area contributed by atoms with Gasteiger partial charge < -0.3 is 29.6 Å². The first-order valence-corrected chi connectivity index (χ1v) is 39.4. The van der Waals surface area contributed by atoms with Crippen molar-refractivity contribution >= 4 is 55.4 Å². The van der Waals surface area contributed by atoms with Crippen LogP contribution < -0.4 is 29.6 Å². The first kappa shape index (κ1) is 76.3. The van der Waals surface area contributed by atoms with E-state index in [1.54, 1.807) is 14.2 Å². The van der Waals surface area contributed by atoms with Crippen molar-refractivity contribution in [1.29, 1.82) is 0 Å². The van der Waals surface area contributed by atoms with Crippen molar-refractivity contribution in [3.05, 3.63) is 192 Å². The molecule has 590 valence electrons. The van der Waals surface area contributed by atoms with Gasteiger partial charge in [0.05, 0.1) is 47.7 Å². The number of carbonyl (C=O) groups excluding carboxylic acids is 2. The average molecular weight is 1550 g/mol. The molecule has 116 heavy (non-hydrogen) atoms. The Kier molecular flexibility index (Phi) is 22.1. The lowest BCUT2D eigenvalue weighted by molar-refractivity contribution is 0.0915. The molecular weight excluding hydrogens is 1460 g/mol. The number of methoxy groups -OCH3 is 2. The fraction of sp³-hybridized carbons (Fsp3) is 0.295. The summed E-state index contributed by atoms with van der Waals surface area (Å²) in [6.45, 7) is 17.5. The Bertz CT molecular complexity index is 6180. The summed E-state index contributed by atoms with van der Waals surface area (Å²) in [5.74, 6) is 11.2. The third-order valence-electron chi connectivity index (χ3n) is 20.3. The smallest absolute Gasteiger partial charge is 0.251 e. The van der Waals surface area contributed by atoms with Crippen LogP contribution in [0.25, 0.3) is 134 Å². The lowest BCUT2D eigenvalue weighted by Crippen LogP contribution is -2.39. The molecule has 8 aromatic heterocycles.